The fourth-order valence-electron chi connectivity index (χ4n) is 6.01. The van der Waals surface area contributed by atoms with E-state index in [1.165, 1.54) is 32.1 Å². The van der Waals surface area contributed by atoms with Crippen LogP contribution in [0, 0.1) is 23.7 Å². The van der Waals surface area contributed by atoms with Crippen LogP contribution in [0.4, 0.5) is 5.82 Å². The number of carbonyl (C=O) groups excluding carboxylic acids is 1. The third-order valence-electron chi connectivity index (χ3n) is 6.94. The van der Waals surface area contributed by atoms with Gasteiger partial charge in [-0.15, -0.1) is 0 Å². The molecule has 0 spiro atoms. The highest BCUT2D eigenvalue weighted by Gasteiger charge is 2.48. The van der Waals surface area contributed by atoms with Crippen molar-refractivity contribution in [2.75, 3.05) is 18.5 Å². The highest BCUT2D eigenvalue weighted by atomic mass is 16.3. The first kappa shape index (κ1) is 17.7. The Balaban J connectivity index is 1.39. The number of nitrogens with zero attached hydrogens (tertiary/aromatic N) is 2. The molecule has 0 aliphatic heterocycles. The lowest BCUT2D eigenvalue weighted by Gasteiger charge is -2.54. The Kier molecular flexibility index (Phi) is 4.59. The predicted octanol–water partition coefficient (Wildman–Crippen LogP) is 2.83. The minimum absolute atomic E-state index is 0.00339. The Morgan fingerprint density at radius 1 is 1.07 bits per heavy atom. The summed E-state index contributed by atoms with van der Waals surface area (Å²) in [5, 5.41) is 20.3. The molecule has 2 aromatic rings. The molecule has 1 heterocycles. The smallest absolute Gasteiger partial charge is 0.256 e. The number of hydrogen-bond acceptors (Lipinski definition) is 4. The molecule has 1 aromatic carbocycles. The SMILES string of the molecule is O=C(NC1C2CC3CC(C2)CC1C3)c1cnn(-c2ccccc2)c1NCCO. The summed E-state index contributed by atoms with van der Waals surface area (Å²) in [6.07, 6.45) is 8.15. The molecule has 4 bridgehead atoms. The summed E-state index contributed by atoms with van der Waals surface area (Å²) >= 11 is 0. The van der Waals surface area contributed by atoms with Crippen molar-refractivity contribution in [1.29, 1.82) is 0 Å². The van der Waals surface area contributed by atoms with Crippen LogP contribution in [0.1, 0.15) is 42.5 Å². The van der Waals surface area contributed by atoms with Gasteiger partial charge in [0.25, 0.3) is 5.91 Å². The van der Waals surface area contributed by atoms with Crippen molar-refractivity contribution in [3.05, 3.63) is 42.1 Å². The summed E-state index contributed by atoms with van der Waals surface area (Å²) < 4.78 is 1.74. The average Bonchev–Trinajstić information content (AvgIpc) is 3.13. The summed E-state index contributed by atoms with van der Waals surface area (Å²) in [6, 6.07) is 10.1. The van der Waals surface area contributed by atoms with Crippen LogP contribution in [0.5, 0.6) is 0 Å². The summed E-state index contributed by atoms with van der Waals surface area (Å²) in [4.78, 5) is 13.2. The van der Waals surface area contributed by atoms with Gasteiger partial charge in [0.15, 0.2) is 0 Å². The van der Waals surface area contributed by atoms with E-state index >= 15 is 0 Å². The summed E-state index contributed by atoms with van der Waals surface area (Å²) in [5.41, 5.74) is 1.43. The van der Waals surface area contributed by atoms with Crippen molar-refractivity contribution in [1.82, 2.24) is 15.1 Å². The molecule has 148 valence electrons. The van der Waals surface area contributed by atoms with Gasteiger partial charge in [-0.2, -0.15) is 5.10 Å². The van der Waals surface area contributed by atoms with Crippen molar-refractivity contribution in [2.45, 2.75) is 38.1 Å². The molecular weight excluding hydrogens is 352 g/mol. The Hall–Kier alpha value is -2.34. The van der Waals surface area contributed by atoms with E-state index in [4.69, 9.17) is 0 Å². The molecule has 1 aromatic heterocycles. The average molecular weight is 380 g/mol. The molecule has 4 fully saturated rings. The fourth-order valence-corrected chi connectivity index (χ4v) is 6.01. The van der Waals surface area contributed by atoms with E-state index in [0.29, 0.717) is 35.8 Å². The molecule has 28 heavy (non-hydrogen) atoms. The van der Waals surface area contributed by atoms with E-state index in [1.54, 1.807) is 10.9 Å². The van der Waals surface area contributed by atoms with Crippen LogP contribution in [0.2, 0.25) is 0 Å². The van der Waals surface area contributed by atoms with Gasteiger partial charge in [0.05, 0.1) is 18.5 Å². The van der Waals surface area contributed by atoms with Gasteiger partial charge in [0.1, 0.15) is 11.4 Å². The Morgan fingerprint density at radius 2 is 1.75 bits per heavy atom. The maximum absolute atomic E-state index is 13.2. The predicted molar refractivity (Wildman–Crippen MR) is 107 cm³/mol. The van der Waals surface area contributed by atoms with Crippen molar-refractivity contribution < 1.29 is 9.90 Å². The fraction of sp³-hybridized carbons (Fsp3) is 0.545. The van der Waals surface area contributed by atoms with Crippen molar-refractivity contribution >= 4 is 11.7 Å². The molecule has 6 heteroatoms. The van der Waals surface area contributed by atoms with Gasteiger partial charge >= 0.3 is 0 Å². The standard InChI is InChI=1S/C22H28N4O2/c27-7-6-23-21-19(13-24-26(21)18-4-2-1-3-5-18)22(28)25-20-16-9-14-8-15(11-16)12-17(20)10-14/h1-5,13-17,20,23,27H,6-12H2,(H,25,28). The molecule has 6 nitrogen and oxygen atoms in total. The molecule has 0 atom stereocenters. The number of rotatable bonds is 6. The van der Waals surface area contributed by atoms with E-state index in [0.717, 1.165) is 17.5 Å². The highest BCUT2D eigenvalue weighted by Crippen LogP contribution is 2.53. The Labute approximate surface area is 165 Å². The lowest BCUT2D eigenvalue weighted by molar-refractivity contribution is -0.0119. The van der Waals surface area contributed by atoms with Crippen LogP contribution in [0.3, 0.4) is 0 Å². The van der Waals surface area contributed by atoms with Crippen LogP contribution in [-0.4, -0.2) is 40.0 Å². The number of benzene rings is 1. The number of para-hydroxylation sites is 1. The normalized spacial score (nSPS) is 30.4. The molecule has 6 rings (SSSR count). The molecule has 4 aliphatic carbocycles. The Morgan fingerprint density at radius 3 is 2.39 bits per heavy atom. The van der Waals surface area contributed by atoms with Crippen LogP contribution in [-0.2, 0) is 0 Å². The number of anilines is 1. The summed E-state index contributed by atoms with van der Waals surface area (Å²) in [6.45, 7) is 0.368. The van der Waals surface area contributed by atoms with Gasteiger partial charge in [-0.05, 0) is 67.9 Å². The van der Waals surface area contributed by atoms with Crippen molar-refractivity contribution in [2.24, 2.45) is 23.7 Å². The lowest BCUT2D eigenvalue weighted by Crippen LogP contribution is -2.55. The summed E-state index contributed by atoms with van der Waals surface area (Å²) in [5.74, 6) is 3.63. The molecule has 3 N–H and O–H groups in total. The molecule has 0 saturated heterocycles. The van der Waals surface area contributed by atoms with Crippen LogP contribution in [0.25, 0.3) is 5.69 Å². The quantitative estimate of drug-likeness (QED) is 0.720. The molecule has 0 radical (unpaired) electrons. The van der Waals surface area contributed by atoms with Gasteiger partial charge in [-0.25, -0.2) is 4.68 Å². The zero-order valence-electron chi connectivity index (χ0n) is 16.1. The molecule has 4 saturated carbocycles. The minimum Gasteiger partial charge on any atom is -0.395 e. The zero-order valence-corrected chi connectivity index (χ0v) is 16.1. The number of nitrogens with one attached hydrogen (secondary N) is 2. The second-order valence-electron chi connectivity index (χ2n) is 8.73. The topological polar surface area (TPSA) is 79.2 Å². The third kappa shape index (κ3) is 3.09. The second kappa shape index (κ2) is 7.24. The Bertz CT molecular complexity index is 819. The number of aliphatic hydroxyl groups excluding tert-OH is 1. The number of aliphatic hydroxyl groups is 1. The third-order valence-corrected chi connectivity index (χ3v) is 6.94. The van der Waals surface area contributed by atoms with Crippen LogP contribution < -0.4 is 10.6 Å². The highest BCUT2D eigenvalue weighted by molar-refractivity contribution is 5.99. The monoisotopic (exact) mass is 380 g/mol. The second-order valence-corrected chi connectivity index (χ2v) is 8.73. The van der Waals surface area contributed by atoms with Gasteiger partial charge in [-0.1, -0.05) is 18.2 Å². The maximum Gasteiger partial charge on any atom is 0.256 e. The van der Waals surface area contributed by atoms with E-state index in [-0.39, 0.29) is 12.5 Å². The van der Waals surface area contributed by atoms with Gasteiger partial charge in [0.2, 0.25) is 0 Å². The number of carbonyl (C=O) groups is 1. The van der Waals surface area contributed by atoms with E-state index in [2.05, 4.69) is 15.7 Å². The van der Waals surface area contributed by atoms with E-state index < -0.39 is 0 Å². The van der Waals surface area contributed by atoms with Gasteiger partial charge in [0, 0.05) is 12.6 Å². The number of amides is 1. The first-order valence-electron chi connectivity index (χ1n) is 10.5. The molecule has 0 unspecified atom stereocenters. The summed E-state index contributed by atoms with van der Waals surface area (Å²) in [7, 11) is 0. The van der Waals surface area contributed by atoms with Crippen molar-refractivity contribution in [3.63, 3.8) is 0 Å². The first-order chi connectivity index (χ1) is 13.7. The van der Waals surface area contributed by atoms with Crippen LogP contribution >= 0.6 is 0 Å². The first-order valence-corrected chi connectivity index (χ1v) is 10.5. The molecule has 4 aliphatic rings. The van der Waals surface area contributed by atoms with Gasteiger partial charge in [-0.3, -0.25) is 4.79 Å². The van der Waals surface area contributed by atoms with E-state index in [9.17, 15) is 9.90 Å². The lowest BCUT2D eigenvalue weighted by atomic mass is 9.54. The molecule has 1 amide bonds. The van der Waals surface area contributed by atoms with E-state index in [1.807, 2.05) is 30.3 Å². The van der Waals surface area contributed by atoms with Crippen LogP contribution in [0.15, 0.2) is 36.5 Å². The minimum atomic E-state index is -0.0555. The van der Waals surface area contributed by atoms with Gasteiger partial charge < -0.3 is 15.7 Å². The number of aromatic nitrogens is 2. The van der Waals surface area contributed by atoms with Crippen molar-refractivity contribution in [3.8, 4) is 5.69 Å². The zero-order chi connectivity index (χ0) is 19.1. The largest absolute Gasteiger partial charge is 0.395 e. The number of hydrogen-bond donors (Lipinski definition) is 3. The maximum atomic E-state index is 13.2. The molecular formula is C22H28N4O2.